The van der Waals surface area contributed by atoms with Crippen molar-refractivity contribution >= 4 is 17.5 Å². The molecule has 0 saturated carbocycles. The Labute approximate surface area is 188 Å². The lowest BCUT2D eigenvalue weighted by Gasteiger charge is -2.38. The summed E-state index contributed by atoms with van der Waals surface area (Å²) in [5.74, 6) is 1.40. The number of benzene rings is 3. The molecule has 3 aromatic rings. The van der Waals surface area contributed by atoms with E-state index < -0.39 is 0 Å². The zero-order valence-corrected chi connectivity index (χ0v) is 18.7. The molecule has 1 N–H and O–H groups in total. The van der Waals surface area contributed by atoms with Crippen LogP contribution in [0.3, 0.4) is 0 Å². The van der Waals surface area contributed by atoms with Crippen molar-refractivity contribution in [1.82, 2.24) is 5.32 Å². The molecule has 0 aromatic heterocycles. The normalized spacial score (nSPS) is 16.7. The summed E-state index contributed by atoms with van der Waals surface area (Å²) >= 11 is 6.17. The van der Waals surface area contributed by atoms with Crippen molar-refractivity contribution in [3.63, 3.8) is 0 Å². The zero-order valence-electron chi connectivity index (χ0n) is 17.9. The van der Waals surface area contributed by atoms with Crippen molar-refractivity contribution in [2.75, 3.05) is 0 Å². The van der Waals surface area contributed by atoms with Crippen LogP contribution in [-0.4, -0.2) is 11.5 Å². The second-order valence-electron chi connectivity index (χ2n) is 8.54. The minimum atomic E-state index is -0.352. The third kappa shape index (κ3) is 5.02. The Bertz CT molecular complexity index is 1090. The first-order valence-electron chi connectivity index (χ1n) is 10.4. The maximum atomic E-state index is 12.9. The number of hydrogen-bond donors (Lipinski definition) is 1. The van der Waals surface area contributed by atoms with Gasteiger partial charge < -0.3 is 14.8 Å². The van der Waals surface area contributed by atoms with Crippen molar-refractivity contribution in [2.24, 2.45) is 0 Å². The average molecular weight is 436 g/mol. The van der Waals surface area contributed by atoms with E-state index in [9.17, 15) is 4.79 Å². The van der Waals surface area contributed by atoms with E-state index in [-0.39, 0.29) is 17.6 Å². The Balaban J connectivity index is 1.44. The summed E-state index contributed by atoms with van der Waals surface area (Å²) in [4.78, 5) is 12.9. The summed E-state index contributed by atoms with van der Waals surface area (Å²) in [6.45, 7) is 6.50. The van der Waals surface area contributed by atoms with Gasteiger partial charge in [-0.15, -0.1) is 0 Å². The first-order valence-corrected chi connectivity index (χ1v) is 10.8. The number of nitrogens with one attached hydrogen (secondary N) is 1. The molecule has 0 bridgehead atoms. The number of fused-ring (bicyclic) bond motifs is 1. The van der Waals surface area contributed by atoms with E-state index >= 15 is 0 Å². The number of aryl methyl sites for hydroxylation is 1. The van der Waals surface area contributed by atoms with Crippen LogP contribution in [0.2, 0.25) is 5.02 Å². The van der Waals surface area contributed by atoms with Gasteiger partial charge in [-0.1, -0.05) is 41.9 Å². The van der Waals surface area contributed by atoms with Crippen molar-refractivity contribution in [2.45, 2.75) is 45.4 Å². The lowest BCUT2D eigenvalue weighted by atomic mass is 9.89. The van der Waals surface area contributed by atoms with E-state index in [2.05, 4.69) is 5.32 Å². The van der Waals surface area contributed by atoms with Gasteiger partial charge in [0.25, 0.3) is 5.91 Å². The highest BCUT2D eigenvalue weighted by Gasteiger charge is 2.34. The zero-order chi connectivity index (χ0) is 22.0. The van der Waals surface area contributed by atoms with E-state index in [0.29, 0.717) is 29.4 Å². The lowest BCUT2D eigenvalue weighted by molar-refractivity contribution is 0.0619. The van der Waals surface area contributed by atoms with E-state index in [1.54, 1.807) is 24.3 Å². The van der Waals surface area contributed by atoms with Gasteiger partial charge in [-0.3, -0.25) is 4.79 Å². The predicted molar refractivity (Wildman–Crippen MR) is 123 cm³/mol. The molecule has 0 fully saturated rings. The van der Waals surface area contributed by atoms with Gasteiger partial charge in [0.1, 0.15) is 23.7 Å². The summed E-state index contributed by atoms with van der Waals surface area (Å²) in [5.41, 5.74) is 3.30. The molecule has 0 unspecified atom stereocenters. The van der Waals surface area contributed by atoms with Crippen LogP contribution in [0.25, 0.3) is 0 Å². The standard InChI is InChI=1S/C26H26ClNO3/c1-17-8-13-21-23(15-26(2,3)31-24(21)14-17)28-25(29)18-9-11-20(12-10-18)30-16-19-6-4-5-7-22(19)27/h4-14,23H,15-16H2,1-3H3,(H,28,29)/t23-/m0/s1. The molecule has 31 heavy (non-hydrogen) atoms. The molecule has 5 heteroatoms. The number of carbonyl (C=O) groups excluding carboxylic acids is 1. The van der Waals surface area contributed by atoms with Gasteiger partial charge in [0.05, 0.1) is 6.04 Å². The Morgan fingerprint density at radius 1 is 1.13 bits per heavy atom. The summed E-state index contributed by atoms with van der Waals surface area (Å²) in [6, 6.07) is 20.7. The monoisotopic (exact) mass is 435 g/mol. The predicted octanol–water partition coefficient (Wildman–Crippen LogP) is 6.26. The molecule has 0 aliphatic carbocycles. The van der Waals surface area contributed by atoms with Crippen LogP contribution >= 0.6 is 11.6 Å². The van der Waals surface area contributed by atoms with E-state index in [1.807, 2.05) is 63.2 Å². The van der Waals surface area contributed by atoms with E-state index in [0.717, 1.165) is 22.4 Å². The number of carbonyl (C=O) groups is 1. The Morgan fingerprint density at radius 3 is 2.61 bits per heavy atom. The summed E-state index contributed by atoms with van der Waals surface area (Å²) in [7, 11) is 0. The van der Waals surface area contributed by atoms with Gasteiger partial charge in [-0.2, -0.15) is 0 Å². The summed E-state index contributed by atoms with van der Waals surface area (Å²) in [6.07, 6.45) is 0.702. The highest BCUT2D eigenvalue weighted by molar-refractivity contribution is 6.31. The van der Waals surface area contributed by atoms with Gasteiger partial charge in [0.15, 0.2) is 0 Å². The fourth-order valence-electron chi connectivity index (χ4n) is 3.81. The molecule has 1 amide bonds. The highest BCUT2D eigenvalue weighted by Crippen LogP contribution is 2.40. The molecule has 160 valence electrons. The summed E-state index contributed by atoms with van der Waals surface area (Å²) in [5, 5.41) is 3.85. The summed E-state index contributed by atoms with van der Waals surface area (Å²) < 4.78 is 11.9. The Hall–Kier alpha value is -2.98. The third-order valence-electron chi connectivity index (χ3n) is 5.40. The van der Waals surface area contributed by atoms with Gasteiger partial charge in [0.2, 0.25) is 0 Å². The van der Waals surface area contributed by atoms with Crippen LogP contribution in [0.15, 0.2) is 66.7 Å². The molecule has 1 heterocycles. The van der Waals surface area contributed by atoms with Gasteiger partial charge in [-0.05, 0) is 62.7 Å². The number of halogens is 1. The fourth-order valence-corrected chi connectivity index (χ4v) is 4.00. The molecule has 0 radical (unpaired) electrons. The highest BCUT2D eigenvalue weighted by atomic mass is 35.5. The first kappa shape index (κ1) is 21.3. The molecule has 0 spiro atoms. The largest absolute Gasteiger partial charge is 0.489 e. The molecule has 1 atom stereocenters. The first-order chi connectivity index (χ1) is 14.8. The maximum Gasteiger partial charge on any atom is 0.251 e. The van der Waals surface area contributed by atoms with Gasteiger partial charge in [-0.25, -0.2) is 0 Å². The van der Waals surface area contributed by atoms with E-state index in [1.165, 1.54) is 0 Å². The maximum absolute atomic E-state index is 12.9. The topological polar surface area (TPSA) is 47.6 Å². The van der Waals surface area contributed by atoms with Crippen molar-refractivity contribution in [1.29, 1.82) is 0 Å². The molecule has 4 rings (SSSR count). The molecule has 4 nitrogen and oxygen atoms in total. The Kier molecular flexibility index (Phi) is 5.92. The number of rotatable bonds is 5. The van der Waals surface area contributed by atoms with Crippen LogP contribution in [-0.2, 0) is 6.61 Å². The van der Waals surface area contributed by atoms with Crippen LogP contribution in [0.5, 0.6) is 11.5 Å². The average Bonchev–Trinajstić information content (AvgIpc) is 2.72. The second-order valence-corrected chi connectivity index (χ2v) is 8.94. The lowest BCUT2D eigenvalue weighted by Crippen LogP contribution is -2.41. The SMILES string of the molecule is Cc1ccc2c(c1)OC(C)(C)C[C@@H]2NC(=O)c1ccc(OCc2ccccc2Cl)cc1. The number of ether oxygens (including phenoxy) is 2. The van der Waals surface area contributed by atoms with Crippen LogP contribution in [0.4, 0.5) is 0 Å². The fraction of sp³-hybridized carbons (Fsp3) is 0.269. The minimum Gasteiger partial charge on any atom is -0.489 e. The minimum absolute atomic E-state index is 0.108. The third-order valence-corrected chi connectivity index (χ3v) is 5.77. The smallest absolute Gasteiger partial charge is 0.251 e. The van der Waals surface area contributed by atoms with E-state index in [4.69, 9.17) is 21.1 Å². The molecule has 1 aliphatic rings. The molecule has 3 aromatic carbocycles. The molecule has 0 saturated heterocycles. The molecular formula is C26H26ClNO3. The number of amides is 1. The van der Waals surface area contributed by atoms with Crippen molar-refractivity contribution < 1.29 is 14.3 Å². The molecular weight excluding hydrogens is 410 g/mol. The Morgan fingerprint density at radius 2 is 1.87 bits per heavy atom. The quantitative estimate of drug-likeness (QED) is 0.514. The van der Waals surface area contributed by atoms with Gasteiger partial charge >= 0.3 is 0 Å². The number of hydrogen-bond acceptors (Lipinski definition) is 3. The van der Waals surface area contributed by atoms with Crippen molar-refractivity contribution in [3.05, 3.63) is 94.0 Å². The van der Waals surface area contributed by atoms with Crippen molar-refractivity contribution in [3.8, 4) is 11.5 Å². The van der Waals surface area contributed by atoms with Crippen LogP contribution in [0, 0.1) is 6.92 Å². The molecule has 1 aliphatic heterocycles. The van der Waals surface area contributed by atoms with Crippen LogP contribution in [0.1, 0.15) is 53.4 Å². The van der Waals surface area contributed by atoms with Gasteiger partial charge in [0, 0.05) is 28.1 Å². The van der Waals surface area contributed by atoms with Crippen LogP contribution < -0.4 is 14.8 Å². The second kappa shape index (κ2) is 8.64.